The largest absolute Gasteiger partial charge is 0.484 e. The number of rotatable bonds is 5. The Kier molecular flexibility index (Phi) is 4.93. The van der Waals surface area contributed by atoms with E-state index in [9.17, 15) is 9.18 Å². The molecule has 0 unspecified atom stereocenters. The molecule has 0 bridgehead atoms. The van der Waals surface area contributed by atoms with E-state index in [2.05, 4.69) is 0 Å². The van der Waals surface area contributed by atoms with Gasteiger partial charge in [-0.2, -0.15) is 0 Å². The third kappa shape index (κ3) is 4.31. The zero-order valence-corrected chi connectivity index (χ0v) is 12.2. The van der Waals surface area contributed by atoms with Crippen molar-refractivity contribution in [1.29, 1.82) is 0 Å². The topological polar surface area (TPSA) is 29.5 Å². The summed E-state index contributed by atoms with van der Waals surface area (Å²) in [6.45, 7) is 2.50. The second-order valence-electron chi connectivity index (χ2n) is 4.92. The quantitative estimate of drug-likeness (QED) is 0.845. The fourth-order valence-electron chi connectivity index (χ4n) is 1.92. The lowest BCUT2D eigenvalue weighted by molar-refractivity contribution is -0.132. The lowest BCUT2D eigenvalue weighted by atomic mass is 10.1. The van der Waals surface area contributed by atoms with E-state index in [4.69, 9.17) is 4.74 Å². The molecule has 0 radical (unpaired) electrons. The molecule has 2 aromatic carbocycles. The summed E-state index contributed by atoms with van der Waals surface area (Å²) in [5, 5.41) is 0. The van der Waals surface area contributed by atoms with Crippen molar-refractivity contribution < 1.29 is 13.9 Å². The van der Waals surface area contributed by atoms with Gasteiger partial charge in [-0.1, -0.05) is 24.3 Å². The zero-order chi connectivity index (χ0) is 15.2. The summed E-state index contributed by atoms with van der Waals surface area (Å²) in [6.07, 6.45) is 0. The molecule has 1 amide bonds. The van der Waals surface area contributed by atoms with Crippen LogP contribution in [0, 0.1) is 12.7 Å². The molecule has 0 spiro atoms. The van der Waals surface area contributed by atoms with E-state index < -0.39 is 0 Å². The third-order valence-corrected chi connectivity index (χ3v) is 3.27. The third-order valence-electron chi connectivity index (χ3n) is 3.27. The summed E-state index contributed by atoms with van der Waals surface area (Å²) in [5.41, 5.74) is 2.26. The van der Waals surface area contributed by atoms with E-state index >= 15 is 0 Å². The van der Waals surface area contributed by atoms with Crippen molar-refractivity contribution in [3.8, 4) is 5.75 Å². The van der Waals surface area contributed by atoms with Crippen LogP contribution >= 0.6 is 0 Å². The van der Waals surface area contributed by atoms with Gasteiger partial charge in [-0.3, -0.25) is 4.79 Å². The standard InChI is InChI=1S/C17H18FNO2/c1-13-5-3-4-6-14(13)11-19(2)17(20)12-21-16-9-7-15(18)8-10-16/h3-10H,11-12H2,1-2H3. The summed E-state index contributed by atoms with van der Waals surface area (Å²) >= 11 is 0. The van der Waals surface area contributed by atoms with Crippen molar-refractivity contribution in [2.24, 2.45) is 0 Å². The van der Waals surface area contributed by atoms with Crippen LogP contribution in [0.1, 0.15) is 11.1 Å². The predicted molar refractivity (Wildman–Crippen MR) is 79.5 cm³/mol. The van der Waals surface area contributed by atoms with Crippen LogP contribution in [-0.2, 0) is 11.3 Å². The molecule has 0 aliphatic carbocycles. The van der Waals surface area contributed by atoms with Crippen LogP contribution in [0.5, 0.6) is 5.75 Å². The molecule has 0 heterocycles. The molecule has 110 valence electrons. The molecule has 0 N–H and O–H groups in total. The summed E-state index contributed by atoms with van der Waals surface area (Å²) in [6, 6.07) is 13.6. The maximum Gasteiger partial charge on any atom is 0.260 e. The second kappa shape index (κ2) is 6.88. The average molecular weight is 287 g/mol. The SMILES string of the molecule is Cc1ccccc1CN(C)C(=O)COc1ccc(F)cc1. The van der Waals surface area contributed by atoms with E-state index in [1.165, 1.54) is 24.3 Å². The van der Waals surface area contributed by atoms with E-state index in [1.807, 2.05) is 31.2 Å². The Bertz CT molecular complexity index is 610. The maximum absolute atomic E-state index is 12.8. The average Bonchev–Trinajstić information content (AvgIpc) is 2.48. The van der Waals surface area contributed by atoms with Gasteiger partial charge < -0.3 is 9.64 Å². The van der Waals surface area contributed by atoms with Gasteiger partial charge in [0.05, 0.1) is 0 Å². The first-order valence-electron chi connectivity index (χ1n) is 6.73. The molecule has 2 rings (SSSR count). The minimum Gasteiger partial charge on any atom is -0.484 e. The highest BCUT2D eigenvalue weighted by molar-refractivity contribution is 5.77. The van der Waals surface area contributed by atoms with Gasteiger partial charge in [-0.25, -0.2) is 4.39 Å². The van der Waals surface area contributed by atoms with Gasteiger partial charge in [0.2, 0.25) is 0 Å². The van der Waals surface area contributed by atoms with Gasteiger partial charge >= 0.3 is 0 Å². The van der Waals surface area contributed by atoms with Crippen LogP contribution in [0.4, 0.5) is 4.39 Å². The Morgan fingerprint density at radius 2 is 1.81 bits per heavy atom. The van der Waals surface area contributed by atoms with E-state index in [0.29, 0.717) is 12.3 Å². The molecule has 21 heavy (non-hydrogen) atoms. The zero-order valence-electron chi connectivity index (χ0n) is 12.2. The van der Waals surface area contributed by atoms with Gasteiger partial charge in [0, 0.05) is 13.6 Å². The molecule has 0 aliphatic heterocycles. The van der Waals surface area contributed by atoms with Crippen molar-refractivity contribution in [2.45, 2.75) is 13.5 Å². The van der Waals surface area contributed by atoms with Crippen LogP contribution in [0.15, 0.2) is 48.5 Å². The van der Waals surface area contributed by atoms with Gasteiger partial charge in [-0.05, 0) is 42.3 Å². The molecule has 0 aliphatic rings. The van der Waals surface area contributed by atoms with Crippen LogP contribution in [0.2, 0.25) is 0 Å². The lowest BCUT2D eigenvalue weighted by Gasteiger charge is -2.18. The Morgan fingerprint density at radius 3 is 2.48 bits per heavy atom. The van der Waals surface area contributed by atoms with Crippen molar-refractivity contribution in [3.05, 3.63) is 65.5 Å². The number of carbonyl (C=O) groups excluding carboxylic acids is 1. The first-order valence-corrected chi connectivity index (χ1v) is 6.73. The minimum atomic E-state index is -0.328. The van der Waals surface area contributed by atoms with Gasteiger partial charge in [0.25, 0.3) is 5.91 Å². The molecule has 0 atom stereocenters. The van der Waals surface area contributed by atoms with Gasteiger partial charge in [0.1, 0.15) is 11.6 Å². The molecule has 2 aromatic rings. The van der Waals surface area contributed by atoms with Crippen molar-refractivity contribution in [1.82, 2.24) is 4.90 Å². The van der Waals surface area contributed by atoms with Crippen LogP contribution < -0.4 is 4.74 Å². The first-order chi connectivity index (χ1) is 10.1. The number of nitrogens with zero attached hydrogens (tertiary/aromatic N) is 1. The van der Waals surface area contributed by atoms with Crippen LogP contribution in [-0.4, -0.2) is 24.5 Å². The summed E-state index contributed by atoms with van der Waals surface area (Å²) in [5.74, 6) is 0.0296. The number of amides is 1. The van der Waals surface area contributed by atoms with Gasteiger partial charge in [-0.15, -0.1) is 0 Å². The van der Waals surface area contributed by atoms with Crippen LogP contribution in [0.25, 0.3) is 0 Å². The maximum atomic E-state index is 12.8. The molecule has 0 aromatic heterocycles. The predicted octanol–water partition coefficient (Wildman–Crippen LogP) is 3.17. The number of benzene rings is 2. The number of ether oxygens (including phenoxy) is 1. The highest BCUT2D eigenvalue weighted by Gasteiger charge is 2.11. The Labute approximate surface area is 124 Å². The Hall–Kier alpha value is -2.36. The molecule has 4 heteroatoms. The molecule has 0 fully saturated rings. The summed E-state index contributed by atoms with van der Waals surface area (Å²) in [4.78, 5) is 13.6. The van der Waals surface area contributed by atoms with Crippen molar-refractivity contribution >= 4 is 5.91 Å². The number of aryl methyl sites for hydroxylation is 1. The Morgan fingerprint density at radius 1 is 1.14 bits per heavy atom. The highest BCUT2D eigenvalue weighted by atomic mass is 19.1. The summed E-state index contributed by atoms with van der Waals surface area (Å²) in [7, 11) is 1.74. The monoisotopic (exact) mass is 287 g/mol. The van der Waals surface area contributed by atoms with E-state index in [0.717, 1.165) is 11.1 Å². The first kappa shape index (κ1) is 15.0. The fourth-order valence-corrected chi connectivity index (χ4v) is 1.92. The van der Waals surface area contributed by atoms with E-state index in [-0.39, 0.29) is 18.3 Å². The molecular weight excluding hydrogens is 269 g/mol. The molecule has 0 saturated heterocycles. The molecule has 0 saturated carbocycles. The fraction of sp³-hybridized carbons (Fsp3) is 0.235. The second-order valence-corrected chi connectivity index (χ2v) is 4.92. The highest BCUT2D eigenvalue weighted by Crippen LogP contribution is 2.12. The number of likely N-dealkylation sites (N-methyl/N-ethyl adjacent to an activating group) is 1. The van der Waals surface area contributed by atoms with Crippen molar-refractivity contribution in [2.75, 3.05) is 13.7 Å². The number of halogens is 1. The normalized spacial score (nSPS) is 10.2. The Balaban J connectivity index is 1.88. The number of hydrogen-bond acceptors (Lipinski definition) is 2. The van der Waals surface area contributed by atoms with Crippen LogP contribution in [0.3, 0.4) is 0 Å². The number of hydrogen-bond donors (Lipinski definition) is 0. The minimum absolute atomic E-state index is 0.0615. The molecular formula is C17H18FNO2. The lowest BCUT2D eigenvalue weighted by Crippen LogP contribution is -2.31. The van der Waals surface area contributed by atoms with E-state index in [1.54, 1.807) is 11.9 Å². The molecule has 3 nitrogen and oxygen atoms in total. The van der Waals surface area contributed by atoms with Crippen molar-refractivity contribution in [3.63, 3.8) is 0 Å². The smallest absolute Gasteiger partial charge is 0.260 e. The van der Waals surface area contributed by atoms with Gasteiger partial charge in [0.15, 0.2) is 6.61 Å². The number of carbonyl (C=O) groups is 1. The summed E-state index contributed by atoms with van der Waals surface area (Å²) < 4.78 is 18.1.